The molecule has 1 aromatic carbocycles. The van der Waals surface area contributed by atoms with E-state index in [1.807, 2.05) is 0 Å². The highest BCUT2D eigenvalue weighted by molar-refractivity contribution is 8.01. The third-order valence-electron chi connectivity index (χ3n) is 4.37. The van der Waals surface area contributed by atoms with Crippen molar-refractivity contribution in [3.8, 4) is 0 Å². The highest BCUT2D eigenvalue weighted by atomic mass is 32.2. The number of carbonyl (C=O) groups is 2. The molecule has 1 aliphatic heterocycles. The minimum atomic E-state index is -1.69. The number of benzene rings is 1. The van der Waals surface area contributed by atoms with Crippen molar-refractivity contribution in [2.24, 2.45) is 5.73 Å². The zero-order valence-corrected chi connectivity index (χ0v) is 16.4. The van der Waals surface area contributed by atoms with Crippen LogP contribution in [0, 0.1) is 0 Å². The average Bonchev–Trinajstić information content (AvgIpc) is 2.68. The molecule has 1 heterocycles. The van der Waals surface area contributed by atoms with Crippen LogP contribution in [0.5, 0.6) is 0 Å². The Morgan fingerprint density at radius 1 is 1.39 bits per heavy atom. The quantitative estimate of drug-likeness (QED) is 0.426. The van der Waals surface area contributed by atoms with Crippen LogP contribution in [0.2, 0.25) is 0 Å². The second-order valence-corrected chi connectivity index (χ2v) is 7.75. The van der Waals surface area contributed by atoms with Gasteiger partial charge < -0.3 is 35.3 Å². The van der Waals surface area contributed by atoms with E-state index in [1.165, 1.54) is 7.11 Å². The topological polar surface area (TPSA) is 149 Å². The molecule has 28 heavy (non-hydrogen) atoms. The Kier molecular flexibility index (Phi) is 7.81. The van der Waals surface area contributed by atoms with Crippen molar-refractivity contribution in [2.75, 3.05) is 13.7 Å². The van der Waals surface area contributed by atoms with Gasteiger partial charge in [-0.15, -0.1) is 0 Å². The number of hydrogen-bond donors (Lipinski definition) is 4. The van der Waals surface area contributed by atoms with E-state index in [2.05, 4.69) is 0 Å². The lowest BCUT2D eigenvalue weighted by Crippen LogP contribution is -2.65. The molecular formula is C18H25NO8S. The first kappa shape index (κ1) is 22.6. The average molecular weight is 415 g/mol. The molecule has 156 valence electrons. The fraction of sp³-hybridized carbons (Fsp3) is 0.556. The molecule has 0 bridgehead atoms. The molecule has 2 rings (SSSR count). The van der Waals surface area contributed by atoms with Crippen LogP contribution in [0.1, 0.15) is 13.3 Å². The number of methoxy groups -OCH3 is 1. The summed E-state index contributed by atoms with van der Waals surface area (Å²) in [5.74, 6) is -1.49. The van der Waals surface area contributed by atoms with Gasteiger partial charge in [-0.1, -0.05) is 30.0 Å². The number of nitrogens with two attached hydrogens (primary N) is 1. The van der Waals surface area contributed by atoms with Crippen LogP contribution in [-0.2, 0) is 23.8 Å². The minimum Gasteiger partial charge on any atom is -0.466 e. The molecule has 6 atom stereocenters. The fourth-order valence-electron chi connectivity index (χ4n) is 2.99. The van der Waals surface area contributed by atoms with Gasteiger partial charge in [-0.3, -0.25) is 4.79 Å². The van der Waals surface area contributed by atoms with Crippen LogP contribution < -0.4 is 5.73 Å². The Balaban J connectivity index is 2.36. The molecule has 10 heteroatoms. The van der Waals surface area contributed by atoms with Crippen LogP contribution in [0.15, 0.2) is 35.2 Å². The predicted molar refractivity (Wildman–Crippen MR) is 99.2 cm³/mol. The molecule has 0 radical (unpaired) electrons. The summed E-state index contributed by atoms with van der Waals surface area (Å²) >= 11 is 1.01. The first-order chi connectivity index (χ1) is 13.2. The number of thioether (sulfide) groups is 1. The molecule has 1 aromatic rings. The number of rotatable bonds is 7. The number of ether oxygens (including phenoxy) is 3. The molecule has 1 fully saturated rings. The maximum atomic E-state index is 12.6. The fourth-order valence-corrected chi connectivity index (χ4v) is 4.24. The summed E-state index contributed by atoms with van der Waals surface area (Å²) in [5, 5.41) is 30.5. The van der Waals surface area contributed by atoms with E-state index in [0.717, 1.165) is 18.7 Å². The van der Waals surface area contributed by atoms with Crippen molar-refractivity contribution >= 4 is 23.7 Å². The Hall–Kier alpha value is -1.69. The van der Waals surface area contributed by atoms with E-state index in [9.17, 15) is 24.9 Å². The van der Waals surface area contributed by atoms with Gasteiger partial charge >= 0.3 is 11.9 Å². The third-order valence-corrected chi connectivity index (χ3v) is 5.63. The second kappa shape index (κ2) is 9.68. The zero-order chi connectivity index (χ0) is 20.9. The highest BCUT2D eigenvalue weighted by Crippen LogP contribution is 2.44. The van der Waals surface area contributed by atoms with E-state index >= 15 is 0 Å². The number of esters is 2. The number of carbonyl (C=O) groups excluding carboxylic acids is 2. The van der Waals surface area contributed by atoms with Gasteiger partial charge in [0.2, 0.25) is 4.93 Å². The predicted octanol–water partition coefficient (Wildman–Crippen LogP) is -0.590. The van der Waals surface area contributed by atoms with Crippen molar-refractivity contribution in [1.29, 1.82) is 0 Å². The summed E-state index contributed by atoms with van der Waals surface area (Å²) < 4.78 is 15.7. The standard InChI is InChI=1S/C18H25NO8S/c1-10(21)26-13(9-20)15(23)16-14(19)12(22)8-18(27-16,17(24)25-2)28-11-6-4-3-5-7-11/h3-7,12-16,20,22-23H,8-9,19H2,1-2H3/t12?,13-,14?,15-,16?,18?/m1/s1. The monoisotopic (exact) mass is 415 g/mol. The maximum Gasteiger partial charge on any atom is 0.349 e. The molecule has 0 amide bonds. The highest BCUT2D eigenvalue weighted by Gasteiger charge is 2.55. The van der Waals surface area contributed by atoms with Crippen LogP contribution in [-0.4, -0.2) is 76.4 Å². The van der Waals surface area contributed by atoms with Gasteiger partial charge in [-0.2, -0.15) is 0 Å². The van der Waals surface area contributed by atoms with E-state index in [-0.39, 0.29) is 6.42 Å². The van der Waals surface area contributed by atoms with Crippen LogP contribution in [0.4, 0.5) is 0 Å². The summed E-state index contributed by atoms with van der Waals surface area (Å²) in [4.78, 5) is 22.8. The van der Waals surface area contributed by atoms with Gasteiger partial charge in [-0.05, 0) is 12.1 Å². The van der Waals surface area contributed by atoms with Gasteiger partial charge in [0.05, 0.1) is 25.9 Å². The second-order valence-electron chi connectivity index (χ2n) is 6.41. The molecule has 1 aliphatic rings. The van der Waals surface area contributed by atoms with Crippen molar-refractivity contribution in [2.45, 2.75) is 53.6 Å². The largest absolute Gasteiger partial charge is 0.466 e. The number of aliphatic hydroxyl groups is 3. The lowest BCUT2D eigenvalue weighted by Gasteiger charge is -2.46. The Morgan fingerprint density at radius 2 is 2.04 bits per heavy atom. The normalized spacial score (nSPS) is 29.6. The lowest BCUT2D eigenvalue weighted by atomic mass is 9.90. The number of aliphatic hydroxyl groups excluding tert-OH is 3. The van der Waals surface area contributed by atoms with Crippen molar-refractivity contribution < 1.29 is 39.1 Å². The van der Waals surface area contributed by atoms with E-state index < -0.39 is 53.9 Å². The molecule has 0 aromatic heterocycles. The summed E-state index contributed by atoms with van der Waals surface area (Å²) in [6.45, 7) is 0.427. The lowest BCUT2D eigenvalue weighted by molar-refractivity contribution is -0.208. The molecule has 4 unspecified atom stereocenters. The van der Waals surface area contributed by atoms with Crippen LogP contribution in [0.3, 0.4) is 0 Å². The van der Waals surface area contributed by atoms with Gasteiger partial charge in [0.15, 0.2) is 6.10 Å². The molecule has 9 nitrogen and oxygen atoms in total. The summed E-state index contributed by atoms with van der Waals surface area (Å²) in [6, 6.07) is 7.76. The Labute approximate surface area is 166 Å². The Morgan fingerprint density at radius 3 is 2.57 bits per heavy atom. The Bertz CT molecular complexity index is 675. The van der Waals surface area contributed by atoms with E-state index in [0.29, 0.717) is 4.90 Å². The first-order valence-electron chi connectivity index (χ1n) is 8.64. The van der Waals surface area contributed by atoms with Crippen LogP contribution >= 0.6 is 11.8 Å². The first-order valence-corrected chi connectivity index (χ1v) is 9.46. The zero-order valence-electron chi connectivity index (χ0n) is 15.6. The molecule has 0 saturated carbocycles. The molecule has 5 N–H and O–H groups in total. The van der Waals surface area contributed by atoms with Crippen LogP contribution in [0.25, 0.3) is 0 Å². The van der Waals surface area contributed by atoms with Crippen molar-refractivity contribution in [3.63, 3.8) is 0 Å². The van der Waals surface area contributed by atoms with Gasteiger partial charge in [-0.25, -0.2) is 4.79 Å². The smallest absolute Gasteiger partial charge is 0.349 e. The maximum absolute atomic E-state index is 12.6. The summed E-state index contributed by atoms with van der Waals surface area (Å²) in [7, 11) is 1.18. The summed E-state index contributed by atoms with van der Waals surface area (Å²) in [6.07, 6.45) is -5.63. The van der Waals surface area contributed by atoms with Gasteiger partial charge in [0, 0.05) is 18.2 Å². The van der Waals surface area contributed by atoms with Gasteiger partial charge in [0.1, 0.15) is 12.2 Å². The minimum absolute atomic E-state index is 0.180. The third kappa shape index (κ3) is 5.02. The number of hydrogen-bond acceptors (Lipinski definition) is 10. The SMILES string of the molecule is COC(=O)C1(Sc2ccccc2)CC(O)C(N)C([C@H](O)[C@@H](CO)OC(C)=O)O1. The molecule has 1 saturated heterocycles. The molecular weight excluding hydrogens is 390 g/mol. The van der Waals surface area contributed by atoms with E-state index in [1.54, 1.807) is 30.3 Å². The molecule has 0 aliphatic carbocycles. The van der Waals surface area contributed by atoms with Gasteiger partial charge in [0.25, 0.3) is 0 Å². The van der Waals surface area contributed by atoms with Crippen molar-refractivity contribution in [3.05, 3.63) is 30.3 Å². The summed E-state index contributed by atoms with van der Waals surface area (Å²) in [5.41, 5.74) is 5.98. The van der Waals surface area contributed by atoms with E-state index in [4.69, 9.17) is 19.9 Å². The molecule has 0 spiro atoms. The van der Waals surface area contributed by atoms with Crippen molar-refractivity contribution in [1.82, 2.24) is 0 Å².